The molecule has 0 amide bonds. The molecule has 0 aromatic heterocycles. The number of carbonyl (C=O) groups excluding carboxylic acids is 3. The molecule has 2 aliphatic carbocycles. The van der Waals surface area contributed by atoms with Gasteiger partial charge in [0.2, 0.25) is 11.6 Å². The number of rotatable bonds is 3. The number of fused-ring (bicyclic) bond motifs is 1. The van der Waals surface area contributed by atoms with E-state index in [2.05, 4.69) is 10.2 Å². The van der Waals surface area contributed by atoms with Gasteiger partial charge in [0.25, 0.3) is 0 Å². The molecular weight excluding hydrogens is 419 g/mol. The Morgan fingerprint density at radius 3 is 2.31 bits per heavy atom. The zero-order chi connectivity index (χ0) is 19.2. The monoisotopic (exact) mass is 450 g/mol. The van der Waals surface area contributed by atoms with E-state index in [1.807, 2.05) is 6.92 Å². The zero-order valence-electron chi connectivity index (χ0n) is 16.9. The van der Waals surface area contributed by atoms with Crippen LogP contribution in [0.15, 0.2) is 0 Å². The fourth-order valence-electron chi connectivity index (χ4n) is 5.46. The van der Waals surface area contributed by atoms with Gasteiger partial charge in [-0.25, -0.2) is 4.79 Å². The van der Waals surface area contributed by atoms with Crippen LogP contribution >= 0.6 is 24.8 Å². The number of hydrogen-bond acceptors (Lipinski definition) is 8. The molecule has 8 nitrogen and oxygen atoms in total. The predicted molar refractivity (Wildman–Crippen MR) is 112 cm³/mol. The topological polar surface area (TPSA) is 105 Å². The molecule has 3 N–H and O–H groups in total. The summed E-state index contributed by atoms with van der Waals surface area (Å²) in [7, 11) is 0. The Morgan fingerprint density at radius 2 is 1.69 bits per heavy atom. The number of piperidine rings is 1. The molecule has 166 valence electrons. The summed E-state index contributed by atoms with van der Waals surface area (Å²) in [4.78, 5) is 45.8. The number of carbonyl (C=O) groups is 3. The van der Waals surface area contributed by atoms with E-state index < -0.39 is 28.5 Å². The molecule has 4 fully saturated rings. The van der Waals surface area contributed by atoms with Crippen LogP contribution in [0.1, 0.15) is 39.0 Å². The van der Waals surface area contributed by atoms with Crippen molar-refractivity contribution >= 4 is 42.3 Å². The molecule has 0 bridgehead atoms. The van der Waals surface area contributed by atoms with Crippen molar-refractivity contribution in [2.24, 2.45) is 17.1 Å². The molecule has 4 rings (SSSR count). The van der Waals surface area contributed by atoms with Crippen molar-refractivity contribution in [3.8, 4) is 0 Å². The van der Waals surface area contributed by atoms with Gasteiger partial charge in [-0.05, 0) is 44.7 Å². The van der Waals surface area contributed by atoms with Crippen LogP contribution in [0, 0.1) is 11.3 Å². The van der Waals surface area contributed by atoms with Crippen LogP contribution in [-0.4, -0.2) is 78.3 Å². The lowest BCUT2D eigenvalue weighted by Crippen LogP contribution is -2.83. The Bertz CT molecular complexity index is 652. The lowest BCUT2D eigenvalue weighted by molar-refractivity contribution is -0.223. The minimum Gasteiger partial charge on any atom is -0.367 e. The highest BCUT2D eigenvalue weighted by molar-refractivity contribution is 6.55. The first kappa shape index (κ1) is 24.5. The maximum Gasteiger partial charge on any atom is 0.341 e. The summed E-state index contributed by atoms with van der Waals surface area (Å²) in [6, 6.07) is 0.587. The smallest absolute Gasteiger partial charge is 0.341 e. The molecule has 29 heavy (non-hydrogen) atoms. The quantitative estimate of drug-likeness (QED) is 0.467. The number of Topliss-reactive ketones (excluding diaryl/α,β-unsaturated/α-hetero) is 2. The van der Waals surface area contributed by atoms with Crippen LogP contribution in [0.4, 0.5) is 0 Å². The number of hydrogen-bond donors (Lipinski definition) is 2. The van der Waals surface area contributed by atoms with Crippen LogP contribution in [0.25, 0.3) is 0 Å². The van der Waals surface area contributed by atoms with Gasteiger partial charge in [-0.1, -0.05) is 13.3 Å². The second-order valence-electron chi connectivity index (χ2n) is 8.55. The predicted octanol–water partition coefficient (Wildman–Crippen LogP) is 0.314. The molecule has 2 saturated carbocycles. The van der Waals surface area contributed by atoms with Gasteiger partial charge in [0, 0.05) is 32.2 Å². The number of nitrogens with one attached hydrogen (secondary N) is 1. The third kappa shape index (κ3) is 3.62. The number of piperazine rings is 1. The highest BCUT2D eigenvalue weighted by atomic mass is 35.5. The molecular formula is C19H32Cl2N4O4. The third-order valence-electron chi connectivity index (χ3n) is 7.30. The van der Waals surface area contributed by atoms with Crippen molar-refractivity contribution < 1.29 is 19.2 Å². The van der Waals surface area contributed by atoms with E-state index >= 15 is 0 Å². The lowest BCUT2D eigenvalue weighted by Gasteiger charge is -2.57. The molecule has 0 spiro atoms. The van der Waals surface area contributed by atoms with Crippen molar-refractivity contribution in [1.82, 2.24) is 15.3 Å². The van der Waals surface area contributed by atoms with Gasteiger partial charge >= 0.3 is 5.97 Å². The van der Waals surface area contributed by atoms with E-state index in [0.29, 0.717) is 32.0 Å². The summed E-state index contributed by atoms with van der Waals surface area (Å²) in [5, 5.41) is 5.02. The molecule has 3 atom stereocenters. The second kappa shape index (κ2) is 9.16. The van der Waals surface area contributed by atoms with Gasteiger partial charge in [-0.15, -0.1) is 29.9 Å². The molecule has 0 aromatic rings. The Balaban J connectivity index is 0.00000150. The lowest BCUT2D eigenvalue weighted by atomic mass is 9.44. The van der Waals surface area contributed by atoms with Gasteiger partial charge in [0.15, 0.2) is 5.41 Å². The fraction of sp³-hybridized carbons (Fsp3) is 0.842. The average Bonchev–Trinajstić information content (AvgIpc) is 2.70. The SMILES string of the molecule is CC1CCCC2(C(=O)ON3CCN(C4CCNCC4)CC3)C(=O)C(=O)C12N.Cl.Cl. The number of nitrogens with two attached hydrogens (primary N) is 1. The molecule has 0 aromatic carbocycles. The minimum atomic E-state index is -1.48. The Kier molecular flexibility index (Phi) is 7.74. The van der Waals surface area contributed by atoms with Crippen LogP contribution in [-0.2, 0) is 19.2 Å². The van der Waals surface area contributed by atoms with Crippen molar-refractivity contribution in [2.45, 2.75) is 50.6 Å². The standard InChI is InChI=1S/C19H30N4O4.2ClH/c1-13-3-2-6-18(15(24)16(25)19(13,18)20)17(26)27-23-11-9-22(10-12-23)14-4-7-21-8-5-14;;/h13-14,21H,2-12,20H2,1H3;2*1H. The molecule has 2 heterocycles. The van der Waals surface area contributed by atoms with Gasteiger partial charge in [-0.3, -0.25) is 14.5 Å². The van der Waals surface area contributed by atoms with E-state index in [0.717, 1.165) is 45.4 Å². The van der Waals surface area contributed by atoms with Crippen LogP contribution in [0.2, 0.25) is 0 Å². The first-order valence-corrected chi connectivity index (χ1v) is 10.2. The van der Waals surface area contributed by atoms with E-state index in [4.69, 9.17) is 10.6 Å². The maximum absolute atomic E-state index is 13.0. The Morgan fingerprint density at radius 1 is 1.07 bits per heavy atom. The van der Waals surface area contributed by atoms with Crippen molar-refractivity contribution in [2.75, 3.05) is 39.3 Å². The Hall–Kier alpha value is -0.770. The van der Waals surface area contributed by atoms with Gasteiger partial charge in [0.05, 0.1) is 0 Å². The average molecular weight is 451 g/mol. The fourth-order valence-corrected chi connectivity index (χ4v) is 5.46. The summed E-state index contributed by atoms with van der Waals surface area (Å²) in [5.74, 6) is -2.09. The van der Waals surface area contributed by atoms with E-state index in [1.165, 1.54) is 0 Å². The van der Waals surface area contributed by atoms with E-state index in [1.54, 1.807) is 5.06 Å². The van der Waals surface area contributed by atoms with Gasteiger partial charge in [0.1, 0.15) is 5.54 Å². The van der Waals surface area contributed by atoms with Crippen molar-refractivity contribution in [3.05, 3.63) is 0 Å². The van der Waals surface area contributed by atoms with Gasteiger partial charge in [-0.2, -0.15) is 0 Å². The second-order valence-corrected chi connectivity index (χ2v) is 8.55. The maximum atomic E-state index is 13.0. The Labute approximate surface area is 184 Å². The molecule has 10 heteroatoms. The summed E-state index contributed by atoms with van der Waals surface area (Å²) in [6.45, 7) is 6.85. The van der Waals surface area contributed by atoms with E-state index in [9.17, 15) is 14.4 Å². The molecule has 2 aliphatic heterocycles. The highest BCUT2D eigenvalue weighted by Crippen LogP contribution is 2.55. The van der Waals surface area contributed by atoms with Crippen molar-refractivity contribution in [3.63, 3.8) is 0 Å². The highest BCUT2D eigenvalue weighted by Gasteiger charge is 2.78. The van der Waals surface area contributed by atoms with Crippen LogP contribution in [0.3, 0.4) is 0 Å². The summed E-state index contributed by atoms with van der Waals surface area (Å²) in [6.07, 6.45) is 4.06. The number of nitrogens with zero attached hydrogens (tertiary/aromatic N) is 2. The third-order valence-corrected chi connectivity index (χ3v) is 7.30. The van der Waals surface area contributed by atoms with E-state index in [-0.39, 0.29) is 30.7 Å². The molecule has 4 aliphatic rings. The van der Waals surface area contributed by atoms with Crippen LogP contribution in [0.5, 0.6) is 0 Å². The summed E-state index contributed by atoms with van der Waals surface area (Å²) in [5.41, 5.74) is 3.47. The summed E-state index contributed by atoms with van der Waals surface area (Å²) < 4.78 is 0. The largest absolute Gasteiger partial charge is 0.367 e. The summed E-state index contributed by atoms with van der Waals surface area (Å²) >= 11 is 0. The first-order valence-electron chi connectivity index (χ1n) is 10.2. The normalized spacial score (nSPS) is 36.3. The molecule has 3 unspecified atom stereocenters. The number of hydroxylamine groups is 2. The van der Waals surface area contributed by atoms with Crippen molar-refractivity contribution in [1.29, 1.82) is 0 Å². The number of halogens is 2. The number of ketones is 2. The van der Waals surface area contributed by atoms with Gasteiger partial charge < -0.3 is 15.9 Å². The first-order chi connectivity index (χ1) is 12.9. The molecule has 0 radical (unpaired) electrons. The minimum absolute atomic E-state index is 0. The zero-order valence-corrected chi connectivity index (χ0v) is 18.5. The van der Waals surface area contributed by atoms with Crippen LogP contribution < -0.4 is 11.1 Å². The molecule has 2 saturated heterocycles.